The molecule has 0 saturated heterocycles. The summed E-state index contributed by atoms with van der Waals surface area (Å²) in [5.41, 5.74) is 3.41. The van der Waals surface area contributed by atoms with E-state index in [0.29, 0.717) is 34.7 Å². The molecule has 2 aromatic carbocycles. The van der Waals surface area contributed by atoms with Crippen molar-refractivity contribution in [1.29, 1.82) is 0 Å². The van der Waals surface area contributed by atoms with Gasteiger partial charge in [-0.05, 0) is 59.8 Å². The van der Waals surface area contributed by atoms with Gasteiger partial charge in [-0.25, -0.2) is 0 Å². The Kier molecular flexibility index (Phi) is 4.90. The van der Waals surface area contributed by atoms with Crippen LogP contribution >= 0.6 is 11.3 Å². The number of fused-ring (bicyclic) bond motifs is 1. The Morgan fingerprint density at radius 1 is 0.893 bits per heavy atom. The molecule has 0 unspecified atom stereocenters. The lowest BCUT2D eigenvalue weighted by molar-refractivity contribution is -0.116. The van der Waals surface area contributed by atoms with E-state index in [-0.39, 0.29) is 17.7 Å². The zero-order chi connectivity index (χ0) is 19.5. The monoisotopic (exact) mass is 391 g/mol. The van der Waals surface area contributed by atoms with Gasteiger partial charge < -0.3 is 16.0 Å². The molecule has 140 valence electrons. The predicted octanol–water partition coefficient (Wildman–Crippen LogP) is 4.14. The summed E-state index contributed by atoms with van der Waals surface area (Å²) in [4.78, 5) is 36.8. The van der Waals surface area contributed by atoms with Gasteiger partial charge in [-0.15, -0.1) is 11.3 Å². The molecule has 1 aliphatic heterocycles. The number of thiophene rings is 1. The summed E-state index contributed by atoms with van der Waals surface area (Å²) < 4.78 is 0. The third-order valence-electron chi connectivity index (χ3n) is 4.39. The number of benzene rings is 2. The molecule has 0 bridgehead atoms. The van der Waals surface area contributed by atoms with Crippen molar-refractivity contribution in [3.8, 4) is 0 Å². The summed E-state index contributed by atoms with van der Waals surface area (Å²) in [6.45, 7) is 0. The fourth-order valence-electron chi connectivity index (χ4n) is 3.00. The number of hydrogen-bond acceptors (Lipinski definition) is 4. The van der Waals surface area contributed by atoms with Gasteiger partial charge >= 0.3 is 0 Å². The van der Waals surface area contributed by atoms with Crippen LogP contribution in [-0.2, 0) is 11.2 Å². The summed E-state index contributed by atoms with van der Waals surface area (Å²) >= 11 is 1.37. The average molecular weight is 391 g/mol. The Balaban J connectivity index is 1.46. The van der Waals surface area contributed by atoms with Gasteiger partial charge in [0, 0.05) is 29.0 Å². The molecule has 0 radical (unpaired) electrons. The van der Waals surface area contributed by atoms with Crippen LogP contribution < -0.4 is 16.0 Å². The largest absolute Gasteiger partial charge is 0.326 e. The third kappa shape index (κ3) is 3.94. The van der Waals surface area contributed by atoms with Crippen molar-refractivity contribution in [2.75, 3.05) is 16.0 Å². The van der Waals surface area contributed by atoms with Crippen molar-refractivity contribution in [3.05, 3.63) is 76.0 Å². The number of rotatable bonds is 4. The van der Waals surface area contributed by atoms with Gasteiger partial charge in [0.05, 0.1) is 4.88 Å². The number of anilines is 3. The van der Waals surface area contributed by atoms with E-state index in [1.807, 2.05) is 11.4 Å². The minimum absolute atomic E-state index is 0.00823. The smallest absolute Gasteiger partial charge is 0.265 e. The highest BCUT2D eigenvalue weighted by Gasteiger charge is 2.17. The van der Waals surface area contributed by atoms with Crippen LogP contribution in [0.3, 0.4) is 0 Å². The molecular weight excluding hydrogens is 374 g/mol. The Hall–Kier alpha value is -3.45. The Morgan fingerprint density at radius 2 is 1.68 bits per heavy atom. The standard InChI is InChI=1S/C21H17N3O3S/c25-19-9-7-13-11-14(6-8-17(13)24-19)20(26)22-15-3-1-4-16(12-15)23-21(27)18-5-2-10-28-18/h1-6,8,10-12H,7,9H2,(H,22,26)(H,23,27)(H,24,25). The van der Waals surface area contributed by atoms with Crippen LogP contribution in [0.2, 0.25) is 0 Å². The minimum Gasteiger partial charge on any atom is -0.326 e. The molecule has 0 spiro atoms. The molecule has 7 heteroatoms. The van der Waals surface area contributed by atoms with E-state index in [1.54, 1.807) is 48.5 Å². The number of nitrogens with one attached hydrogen (secondary N) is 3. The number of amides is 3. The van der Waals surface area contributed by atoms with E-state index in [9.17, 15) is 14.4 Å². The summed E-state index contributed by atoms with van der Waals surface area (Å²) in [5, 5.41) is 10.3. The fourth-order valence-corrected chi connectivity index (χ4v) is 3.62. The Labute approximate surface area is 165 Å². The number of carbonyl (C=O) groups is 3. The second-order valence-corrected chi connectivity index (χ2v) is 7.33. The normalized spacial score (nSPS) is 12.6. The van der Waals surface area contributed by atoms with Gasteiger partial charge in [-0.1, -0.05) is 12.1 Å². The Morgan fingerprint density at radius 3 is 2.43 bits per heavy atom. The van der Waals surface area contributed by atoms with E-state index in [0.717, 1.165) is 11.3 Å². The zero-order valence-corrected chi connectivity index (χ0v) is 15.6. The van der Waals surface area contributed by atoms with E-state index in [4.69, 9.17) is 0 Å². The summed E-state index contributed by atoms with van der Waals surface area (Å²) in [7, 11) is 0. The molecule has 1 aromatic heterocycles. The van der Waals surface area contributed by atoms with E-state index < -0.39 is 0 Å². The predicted molar refractivity (Wildman–Crippen MR) is 110 cm³/mol. The first-order valence-corrected chi connectivity index (χ1v) is 9.65. The molecule has 28 heavy (non-hydrogen) atoms. The quantitative estimate of drug-likeness (QED) is 0.625. The highest BCUT2D eigenvalue weighted by molar-refractivity contribution is 7.12. The summed E-state index contributed by atoms with van der Waals surface area (Å²) in [6, 6.07) is 15.8. The first kappa shape index (κ1) is 17.9. The third-order valence-corrected chi connectivity index (χ3v) is 5.25. The van der Waals surface area contributed by atoms with Gasteiger partial charge in [0.15, 0.2) is 0 Å². The van der Waals surface area contributed by atoms with E-state index in [2.05, 4.69) is 16.0 Å². The molecular formula is C21H17N3O3S. The maximum atomic E-state index is 12.6. The van der Waals surface area contributed by atoms with Gasteiger partial charge in [0.2, 0.25) is 5.91 Å². The van der Waals surface area contributed by atoms with Crippen LogP contribution in [0.4, 0.5) is 17.1 Å². The highest BCUT2D eigenvalue weighted by Crippen LogP contribution is 2.24. The highest BCUT2D eigenvalue weighted by atomic mass is 32.1. The average Bonchev–Trinajstić information content (AvgIpc) is 3.23. The molecule has 1 aliphatic rings. The molecule has 3 amide bonds. The lowest BCUT2D eigenvalue weighted by Gasteiger charge is -2.17. The van der Waals surface area contributed by atoms with Gasteiger partial charge in [0.25, 0.3) is 11.8 Å². The van der Waals surface area contributed by atoms with Crippen LogP contribution in [-0.4, -0.2) is 17.7 Å². The van der Waals surface area contributed by atoms with Crippen molar-refractivity contribution in [2.24, 2.45) is 0 Å². The van der Waals surface area contributed by atoms with Gasteiger partial charge in [-0.3, -0.25) is 14.4 Å². The van der Waals surface area contributed by atoms with Crippen molar-refractivity contribution in [1.82, 2.24) is 0 Å². The number of aryl methyl sites for hydroxylation is 1. The lowest BCUT2D eigenvalue weighted by Crippen LogP contribution is -2.20. The van der Waals surface area contributed by atoms with Crippen LogP contribution in [0.25, 0.3) is 0 Å². The van der Waals surface area contributed by atoms with Crippen LogP contribution in [0.15, 0.2) is 60.0 Å². The summed E-state index contributed by atoms with van der Waals surface area (Å²) in [5.74, 6) is -0.442. The summed E-state index contributed by atoms with van der Waals surface area (Å²) in [6.07, 6.45) is 1.04. The van der Waals surface area contributed by atoms with Crippen molar-refractivity contribution in [3.63, 3.8) is 0 Å². The van der Waals surface area contributed by atoms with E-state index >= 15 is 0 Å². The van der Waals surface area contributed by atoms with Gasteiger partial charge in [-0.2, -0.15) is 0 Å². The van der Waals surface area contributed by atoms with Crippen molar-refractivity contribution in [2.45, 2.75) is 12.8 Å². The molecule has 0 atom stereocenters. The number of carbonyl (C=O) groups excluding carboxylic acids is 3. The van der Waals surface area contributed by atoms with Crippen LogP contribution in [0.1, 0.15) is 32.0 Å². The van der Waals surface area contributed by atoms with E-state index in [1.165, 1.54) is 11.3 Å². The molecule has 6 nitrogen and oxygen atoms in total. The SMILES string of the molecule is O=C1CCc2cc(C(=O)Nc3cccc(NC(=O)c4cccs4)c3)ccc2N1. The second kappa shape index (κ2) is 7.66. The fraction of sp³-hybridized carbons (Fsp3) is 0.0952. The topological polar surface area (TPSA) is 87.3 Å². The second-order valence-electron chi connectivity index (χ2n) is 6.39. The maximum absolute atomic E-state index is 12.6. The Bertz CT molecular complexity index is 1060. The van der Waals surface area contributed by atoms with Crippen LogP contribution in [0.5, 0.6) is 0 Å². The maximum Gasteiger partial charge on any atom is 0.265 e. The first-order valence-electron chi connectivity index (χ1n) is 8.77. The van der Waals surface area contributed by atoms with Crippen molar-refractivity contribution >= 4 is 46.1 Å². The molecule has 0 fully saturated rings. The van der Waals surface area contributed by atoms with Crippen molar-refractivity contribution < 1.29 is 14.4 Å². The molecule has 2 heterocycles. The molecule has 3 aromatic rings. The molecule has 3 N–H and O–H groups in total. The molecule has 0 aliphatic carbocycles. The van der Waals surface area contributed by atoms with Gasteiger partial charge in [0.1, 0.15) is 0 Å². The first-order chi connectivity index (χ1) is 13.6. The number of hydrogen-bond donors (Lipinski definition) is 3. The molecule has 0 saturated carbocycles. The minimum atomic E-state index is -0.249. The van der Waals surface area contributed by atoms with Crippen LogP contribution in [0, 0.1) is 0 Å². The zero-order valence-electron chi connectivity index (χ0n) is 14.8. The lowest BCUT2D eigenvalue weighted by atomic mass is 10.00. The molecule has 4 rings (SSSR count).